The van der Waals surface area contributed by atoms with Gasteiger partial charge in [0.25, 0.3) is 11.6 Å². The number of carbonyl (C=O) groups is 1. The Bertz CT molecular complexity index is 973. The van der Waals surface area contributed by atoms with E-state index in [9.17, 15) is 14.9 Å². The summed E-state index contributed by atoms with van der Waals surface area (Å²) in [7, 11) is 0. The number of nitrogens with zero attached hydrogens (tertiary/aromatic N) is 3. The summed E-state index contributed by atoms with van der Waals surface area (Å²) in [5, 5.41) is 13.8. The Labute approximate surface area is 162 Å². The van der Waals surface area contributed by atoms with E-state index < -0.39 is 4.92 Å². The molecule has 0 saturated heterocycles. The lowest BCUT2D eigenvalue weighted by molar-refractivity contribution is -0.384. The Kier molecular flexibility index (Phi) is 6.06. The molecule has 0 unspecified atom stereocenters. The van der Waals surface area contributed by atoms with E-state index in [1.165, 1.54) is 12.1 Å². The molecule has 7 nitrogen and oxygen atoms in total. The van der Waals surface area contributed by atoms with E-state index in [0.29, 0.717) is 23.6 Å². The maximum absolute atomic E-state index is 12.4. The molecule has 142 valence electrons. The second-order valence-corrected chi connectivity index (χ2v) is 6.22. The third kappa shape index (κ3) is 4.37. The molecular weight excluding hydrogens is 356 g/mol. The monoisotopic (exact) mass is 376 g/mol. The molecule has 0 fully saturated rings. The van der Waals surface area contributed by atoms with Gasteiger partial charge in [-0.2, -0.15) is 0 Å². The van der Waals surface area contributed by atoms with Crippen molar-refractivity contribution in [2.45, 2.75) is 19.8 Å². The minimum Gasteiger partial charge on any atom is -0.351 e. The summed E-state index contributed by atoms with van der Waals surface area (Å²) >= 11 is 0. The fourth-order valence-corrected chi connectivity index (χ4v) is 2.75. The van der Waals surface area contributed by atoms with E-state index in [-0.39, 0.29) is 11.6 Å². The number of aromatic nitrogens is 2. The molecule has 0 atom stereocenters. The molecule has 0 saturated carbocycles. The Morgan fingerprint density at radius 3 is 2.54 bits per heavy atom. The van der Waals surface area contributed by atoms with Gasteiger partial charge >= 0.3 is 0 Å². The maximum Gasteiger partial charge on any atom is 0.269 e. The average molecular weight is 376 g/mol. The number of hydrogen-bond donors (Lipinski definition) is 1. The predicted molar refractivity (Wildman–Crippen MR) is 107 cm³/mol. The molecule has 28 heavy (non-hydrogen) atoms. The molecule has 1 amide bonds. The zero-order chi connectivity index (χ0) is 19.9. The Hall–Kier alpha value is -3.61. The first-order valence-electron chi connectivity index (χ1n) is 9.05. The zero-order valence-corrected chi connectivity index (χ0v) is 15.5. The lowest BCUT2D eigenvalue weighted by Crippen LogP contribution is -2.25. The van der Waals surface area contributed by atoms with Gasteiger partial charge in [-0.3, -0.25) is 19.9 Å². The first kappa shape index (κ1) is 19.2. The van der Waals surface area contributed by atoms with Crippen LogP contribution in [-0.4, -0.2) is 27.3 Å². The first-order valence-corrected chi connectivity index (χ1v) is 9.05. The van der Waals surface area contributed by atoms with E-state index in [4.69, 9.17) is 0 Å². The first-order chi connectivity index (χ1) is 13.6. The molecule has 0 aliphatic heterocycles. The highest BCUT2D eigenvalue weighted by atomic mass is 16.6. The van der Waals surface area contributed by atoms with Crippen molar-refractivity contribution in [1.29, 1.82) is 0 Å². The second kappa shape index (κ2) is 8.85. The van der Waals surface area contributed by atoms with E-state index >= 15 is 0 Å². The molecule has 1 aromatic carbocycles. The number of pyridine rings is 2. The molecule has 0 radical (unpaired) electrons. The van der Waals surface area contributed by atoms with Crippen molar-refractivity contribution >= 4 is 11.6 Å². The number of nitrogens with one attached hydrogen (secondary N) is 1. The molecule has 0 bridgehead atoms. The molecule has 0 aliphatic carbocycles. The fourth-order valence-electron chi connectivity index (χ4n) is 2.75. The van der Waals surface area contributed by atoms with E-state index in [1.807, 2.05) is 12.1 Å². The molecular formula is C21H20N4O3. The van der Waals surface area contributed by atoms with Gasteiger partial charge in [0.2, 0.25) is 0 Å². The predicted octanol–water partition coefficient (Wildman–Crippen LogP) is 4.25. The van der Waals surface area contributed by atoms with Crippen LogP contribution in [0.1, 0.15) is 30.3 Å². The van der Waals surface area contributed by atoms with Crippen molar-refractivity contribution in [1.82, 2.24) is 15.3 Å². The topological polar surface area (TPSA) is 98.0 Å². The number of nitro benzene ring substituents is 1. The summed E-state index contributed by atoms with van der Waals surface area (Å²) in [4.78, 5) is 31.8. The van der Waals surface area contributed by atoms with Crippen LogP contribution in [0.15, 0.2) is 60.8 Å². The van der Waals surface area contributed by atoms with E-state index in [1.54, 1.807) is 36.5 Å². The number of hydrogen-bond acceptors (Lipinski definition) is 5. The summed E-state index contributed by atoms with van der Waals surface area (Å²) < 4.78 is 0. The van der Waals surface area contributed by atoms with Gasteiger partial charge in [0.05, 0.1) is 16.3 Å². The van der Waals surface area contributed by atoms with Gasteiger partial charge in [0.15, 0.2) is 0 Å². The smallest absolute Gasteiger partial charge is 0.269 e. The van der Waals surface area contributed by atoms with E-state index in [0.717, 1.165) is 24.0 Å². The van der Waals surface area contributed by atoms with Gasteiger partial charge in [-0.1, -0.05) is 19.4 Å². The third-order valence-corrected chi connectivity index (χ3v) is 4.24. The molecule has 3 rings (SSSR count). The van der Waals surface area contributed by atoms with Gasteiger partial charge in [-0.05, 0) is 48.4 Å². The van der Waals surface area contributed by atoms with Gasteiger partial charge < -0.3 is 5.32 Å². The van der Waals surface area contributed by atoms with Crippen LogP contribution in [0.2, 0.25) is 0 Å². The number of non-ortho nitro benzene ring substituents is 1. The normalized spacial score (nSPS) is 10.5. The zero-order valence-electron chi connectivity index (χ0n) is 15.5. The summed E-state index contributed by atoms with van der Waals surface area (Å²) in [6.45, 7) is 2.66. The molecule has 2 heterocycles. The summed E-state index contributed by atoms with van der Waals surface area (Å²) in [6.07, 6.45) is 3.55. The van der Waals surface area contributed by atoms with Gasteiger partial charge in [0.1, 0.15) is 5.69 Å². The Balaban J connectivity index is 2.02. The number of benzene rings is 1. The highest BCUT2D eigenvalue weighted by Crippen LogP contribution is 2.30. The van der Waals surface area contributed by atoms with Crippen molar-refractivity contribution in [2.24, 2.45) is 0 Å². The standard InChI is InChI=1S/C21H20N4O3/c1-2-3-13-23-21(26)19-12-11-17(15-7-9-16(10-8-15)25(27)28)20(24-19)18-6-4-5-14-22-18/h4-12,14H,2-3,13H2,1H3,(H,23,26). The SMILES string of the molecule is CCCCNC(=O)c1ccc(-c2ccc([N+](=O)[O-])cc2)c(-c2ccccn2)n1. The number of unbranched alkanes of at least 4 members (excludes halogenated alkanes) is 1. The molecule has 1 N–H and O–H groups in total. The maximum atomic E-state index is 12.4. The number of nitro groups is 1. The molecule has 0 aliphatic rings. The highest BCUT2D eigenvalue weighted by molar-refractivity contribution is 5.94. The fraction of sp³-hybridized carbons (Fsp3) is 0.190. The Morgan fingerprint density at radius 1 is 1.11 bits per heavy atom. The highest BCUT2D eigenvalue weighted by Gasteiger charge is 2.16. The average Bonchev–Trinajstić information content (AvgIpc) is 2.74. The van der Waals surface area contributed by atoms with E-state index in [2.05, 4.69) is 22.2 Å². The molecule has 2 aromatic heterocycles. The minimum atomic E-state index is -0.439. The molecule has 7 heteroatoms. The largest absolute Gasteiger partial charge is 0.351 e. The quantitative estimate of drug-likeness (QED) is 0.378. The minimum absolute atomic E-state index is 0.0167. The van der Waals surface area contributed by atoms with Crippen molar-refractivity contribution in [3.8, 4) is 22.5 Å². The lowest BCUT2D eigenvalue weighted by atomic mass is 10.0. The van der Waals surface area contributed by atoms with Crippen molar-refractivity contribution in [2.75, 3.05) is 6.54 Å². The van der Waals surface area contributed by atoms with Crippen LogP contribution < -0.4 is 5.32 Å². The van der Waals surface area contributed by atoms with Crippen LogP contribution in [0.5, 0.6) is 0 Å². The van der Waals surface area contributed by atoms with Gasteiger partial charge in [-0.25, -0.2) is 4.98 Å². The van der Waals surface area contributed by atoms with Crippen molar-refractivity contribution in [3.63, 3.8) is 0 Å². The lowest BCUT2D eigenvalue weighted by Gasteiger charge is -2.11. The summed E-state index contributed by atoms with van der Waals surface area (Å²) in [5.74, 6) is -0.235. The molecule has 0 spiro atoms. The van der Waals surface area contributed by atoms with Crippen molar-refractivity contribution in [3.05, 3.63) is 76.6 Å². The van der Waals surface area contributed by atoms with Crippen LogP contribution >= 0.6 is 0 Å². The van der Waals surface area contributed by atoms with Crippen LogP contribution in [0, 0.1) is 10.1 Å². The second-order valence-electron chi connectivity index (χ2n) is 6.22. The number of amides is 1. The van der Waals surface area contributed by atoms with Crippen LogP contribution in [-0.2, 0) is 0 Å². The van der Waals surface area contributed by atoms with Gasteiger partial charge in [0, 0.05) is 30.4 Å². The number of rotatable bonds is 7. The van der Waals surface area contributed by atoms with Crippen LogP contribution in [0.25, 0.3) is 22.5 Å². The Morgan fingerprint density at radius 2 is 1.89 bits per heavy atom. The van der Waals surface area contributed by atoms with Crippen molar-refractivity contribution < 1.29 is 9.72 Å². The summed E-state index contributed by atoms with van der Waals surface area (Å²) in [5.41, 5.74) is 3.01. The van der Waals surface area contributed by atoms with Gasteiger partial charge in [-0.15, -0.1) is 0 Å². The summed E-state index contributed by atoms with van der Waals surface area (Å²) in [6, 6.07) is 15.2. The molecule has 3 aromatic rings. The number of carbonyl (C=O) groups excluding carboxylic acids is 1. The third-order valence-electron chi connectivity index (χ3n) is 4.24. The van der Waals surface area contributed by atoms with Crippen LogP contribution in [0.3, 0.4) is 0 Å². The van der Waals surface area contributed by atoms with Crippen LogP contribution in [0.4, 0.5) is 5.69 Å².